The van der Waals surface area contributed by atoms with Crippen LogP contribution in [0.1, 0.15) is 13.3 Å². The Bertz CT molecular complexity index is 497. The second-order valence-electron chi connectivity index (χ2n) is 3.54. The Labute approximate surface area is 101 Å². The molecular weight excluding hydrogens is 240 g/mol. The van der Waals surface area contributed by atoms with Gasteiger partial charge in [-0.05, 0) is 12.1 Å². The van der Waals surface area contributed by atoms with Gasteiger partial charge in [-0.2, -0.15) is 0 Å². The Balaban J connectivity index is 2.89. The van der Waals surface area contributed by atoms with E-state index in [0.717, 1.165) is 0 Å². The summed E-state index contributed by atoms with van der Waals surface area (Å²) in [6, 6.07) is 6.62. The van der Waals surface area contributed by atoms with Crippen molar-refractivity contribution >= 4 is 21.4 Å². The third kappa shape index (κ3) is 3.74. The molecule has 1 aromatic carbocycles. The highest BCUT2D eigenvalue weighted by Crippen LogP contribution is 2.21. The summed E-state index contributed by atoms with van der Waals surface area (Å²) < 4.78 is 23.6. The molecule has 6 heteroatoms. The van der Waals surface area contributed by atoms with Crippen molar-refractivity contribution < 1.29 is 13.2 Å². The molecule has 0 aliphatic carbocycles. The highest BCUT2D eigenvalue weighted by molar-refractivity contribution is 7.91. The zero-order valence-electron chi connectivity index (χ0n) is 9.64. The lowest BCUT2D eigenvalue weighted by Gasteiger charge is -2.10. The van der Waals surface area contributed by atoms with Gasteiger partial charge in [-0.1, -0.05) is 19.1 Å². The summed E-state index contributed by atoms with van der Waals surface area (Å²) in [6.45, 7) is 1.92. The van der Waals surface area contributed by atoms with Crippen LogP contribution in [0.3, 0.4) is 0 Å². The second-order valence-corrected chi connectivity index (χ2v) is 5.79. The van der Waals surface area contributed by atoms with E-state index in [9.17, 15) is 13.2 Å². The van der Waals surface area contributed by atoms with Crippen LogP contribution in [0, 0.1) is 0 Å². The molecule has 17 heavy (non-hydrogen) atoms. The van der Waals surface area contributed by atoms with Crippen molar-refractivity contribution in [3.63, 3.8) is 0 Å². The van der Waals surface area contributed by atoms with Crippen LogP contribution in [0.25, 0.3) is 0 Å². The third-order valence-electron chi connectivity index (χ3n) is 2.29. The maximum absolute atomic E-state index is 11.8. The van der Waals surface area contributed by atoms with Crippen molar-refractivity contribution in [1.82, 2.24) is 0 Å². The first kappa shape index (κ1) is 13.5. The predicted molar refractivity (Wildman–Crippen MR) is 66.5 cm³/mol. The Kier molecular flexibility index (Phi) is 4.51. The van der Waals surface area contributed by atoms with E-state index in [4.69, 9.17) is 5.73 Å². The summed E-state index contributed by atoms with van der Waals surface area (Å²) in [5, 5.41) is 2.91. The first-order valence-electron chi connectivity index (χ1n) is 5.31. The minimum atomic E-state index is -3.26. The highest BCUT2D eigenvalue weighted by atomic mass is 32.2. The van der Waals surface area contributed by atoms with E-state index in [2.05, 4.69) is 5.32 Å². The van der Waals surface area contributed by atoms with Gasteiger partial charge in [-0.25, -0.2) is 8.42 Å². The average Bonchev–Trinajstić information content (AvgIpc) is 2.29. The van der Waals surface area contributed by atoms with Crippen LogP contribution < -0.4 is 11.1 Å². The zero-order valence-corrected chi connectivity index (χ0v) is 10.5. The van der Waals surface area contributed by atoms with Gasteiger partial charge in [0.1, 0.15) is 0 Å². The molecule has 0 heterocycles. The molecule has 0 saturated heterocycles. The number of anilines is 1. The van der Waals surface area contributed by atoms with Gasteiger partial charge in [0.05, 0.1) is 16.3 Å². The fraction of sp³-hybridized carbons (Fsp3) is 0.364. The van der Waals surface area contributed by atoms with Gasteiger partial charge in [0.25, 0.3) is 0 Å². The number of benzene rings is 1. The minimum Gasteiger partial charge on any atom is -0.383 e. The van der Waals surface area contributed by atoms with Crippen LogP contribution in [0.4, 0.5) is 5.69 Å². The Morgan fingerprint density at radius 3 is 2.59 bits per heavy atom. The number of rotatable bonds is 6. The summed E-state index contributed by atoms with van der Waals surface area (Å²) in [4.78, 5) is 10.8. The van der Waals surface area contributed by atoms with Gasteiger partial charge < -0.3 is 11.1 Å². The van der Waals surface area contributed by atoms with Crippen molar-refractivity contribution in [1.29, 1.82) is 0 Å². The largest absolute Gasteiger partial charge is 0.383 e. The maximum Gasteiger partial charge on any atom is 0.219 e. The lowest BCUT2D eigenvalue weighted by Crippen LogP contribution is -2.17. The van der Waals surface area contributed by atoms with Gasteiger partial charge in [0.2, 0.25) is 5.91 Å². The zero-order chi connectivity index (χ0) is 12.9. The molecule has 1 aromatic rings. The molecule has 0 fully saturated rings. The number of carbonyl (C=O) groups is 1. The van der Waals surface area contributed by atoms with Crippen molar-refractivity contribution in [2.75, 3.05) is 17.6 Å². The van der Waals surface area contributed by atoms with E-state index < -0.39 is 15.7 Å². The van der Waals surface area contributed by atoms with Crippen LogP contribution >= 0.6 is 0 Å². The fourth-order valence-corrected chi connectivity index (χ4v) is 2.43. The molecule has 0 atom stereocenters. The van der Waals surface area contributed by atoms with E-state index in [1.165, 1.54) is 0 Å². The number of amides is 1. The molecule has 1 amide bonds. The molecule has 0 radical (unpaired) electrons. The average molecular weight is 256 g/mol. The molecule has 3 N–H and O–H groups in total. The van der Waals surface area contributed by atoms with E-state index >= 15 is 0 Å². The highest BCUT2D eigenvalue weighted by Gasteiger charge is 2.15. The van der Waals surface area contributed by atoms with Gasteiger partial charge in [-0.15, -0.1) is 0 Å². The van der Waals surface area contributed by atoms with Crippen LogP contribution in [0.15, 0.2) is 29.2 Å². The summed E-state index contributed by atoms with van der Waals surface area (Å²) in [5.74, 6) is -0.380. The fourth-order valence-electron chi connectivity index (χ4n) is 1.36. The number of carbonyl (C=O) groups excluding carboxylic acids is 1. The SMILES string of the molecule is CCS(=O)(=O)c1ccccc1NCCC(N)=O. The predicted octanol–water partition coefficient (Wildman–Crippen LogP) is 0.768. The van der Waals surface area contributed by atoms with Gasteiger partial charge >= 0.3 is 0 Å². The van der Waals surface area contributed by atoms with E-state index in [1.54, 1.807) is 31.2 Å². The van der Waals surface area contributed by atoms with E-state index in [1.807, 2.05) is 0 Å². The lowest BCUT2D eigenvalue weighted by molar-refractivity contribution is -0.117. The molecule has 0 aromatic heterocycles. The quantitative estimate of drug-likeness (QED) is 0.786. The molecule has 0 unspecified atom stereocenters. The number of nitrogens with two attached hydrogens (primary N) is 1. The van der Waals surface area contributed by atoms with Gasteiger partial charge in [0.15, 0.2) is 9.84 Å². The van der Waals surface area contributed by atoms with Crippen molar-refractivity contribution in [2.24, 2.45) is 5.73 Å². The molecule has 1 rings (SSSR count). The molecule has 94 valence electrons. The molecule has 5 nitrogen and oxygen atoms in total. The van der Waals surface area contributed by atoms with Gasteiger partial charge in [-0.3, -0.25) is 4.79 Å². The number of sulfone groups is 1. The number of para-hydroxylation sites is 1. The Morgan fingerprint density at radius 2 is 2.00 bits per heavy atom. The Hall–Kier alpha value is -1.56. The first-order chi connectivity index (χ1) is 7.97. The summed E-state index contributed by atoms with van der Waals surface area (Å²) in [6.07, 6.45) is 0.167. The summed E-state index contributed by atoms with van der Waals surface area (Å²) in [5.41, 5.74) is 5.52. The molecule has 0 bridgehead atoms. The lowest BCUT2D eigenvalue weighted by atomic mass is 10.3. The summed E-state index contributed by atoms with van der Waals surface area (Å²) >= 11 is 0. The minimum absolute atomic E-state index is 0.0432. The standard InChI is InChI=1S/C11H16N2O3S/c1-2-17(15,16)10-6-4-3-5-9(10)13-8-7-11(12)14/h3-6,13H,2,7-8H2,1H3,(H2,12,14). The number of hydrogen-bond acceptors (Lipinski definition) is 4. The number of primary amides is 1. The van der Waals surface area contributed by atoms with Crippen LogP contribution in [-0.2, 0) is 14.6 Å². The molecule has 0 saturated carbocycles. The molecule has 0 aliphatic rings. The second kappa shape index (κ2) is 5.67. The topological polar surface area (TPSA) is 89.3 Å². The van der Waals surface area contributed by atoms with Crippen molar-refractivity contribution in [2.45, 2.75) is 18.2 Å². The van der Waals surface area contributed by atoms with E-state index in [-0.39, 0.29) is 17.1 Å². The maximum atomic E-state index is 11.8. The Morgan fingerprint density at radius 1 is 1.35 bits per heavy atom. The molecule has 0 spiro atoms. The number of hydrogen-bond donors (Lipinski definition) is 2. The smallest absolute Gasteiger partial charge is 0.219 e. The van der Waals surface area contributed by atoms with Crippen molar-refractivity contribution in [3.05, 3.63) is 24.3 Å². The molecule has 0 aliphatic heterocycles. The summed E-state index contributed by atoms with van der Waals surface area (Å²) in [7, 11) is -3.26. The monoisotopic (exact) mass is 256 g/mol. The van der Waals surface area contributed by atoms with Crippen molar-refractivity contribution in [3.8, 4) is 0 Å². The van der Waals surface area contributed by atoms with Crippen LogP contribution in [0.2, 0.25) is 0 Å². The van der Waals surface area contributed by atoms with Crippen LogP contribution in [-0.4, -0.2) is 26.6 Å². The first-order valence-corrected chi connectivity index (χ1v) is 6.96. The normalized spacial score (nSPS) is 11.1. The molecular formula is C11H16N2O3S. The number of nitrogens with one attached hydrogen (secondary N) is 1. The van der Waals surface area contributed by atoms with Gasteiger partial charge in [0, 0.05) is 13.0 Å². The third-order valence-corrected chi connectivity index (χ3v) is 4.08. The van der Waals surface area contributed by atoms with Crippen LogP contribution in [0.5, 0.6) is 0 Å². The van der Waals surface area contributed by atoms with E-state index in [0.29, 0.717) is 12.2 Å².